The molecule has 2 aliphatic rings. The van der Waals surface area contributed by atoms with Crippen LogP contribution >= 0.6 is 0 Å². The van der Waals surface area contributed by atoms with Crippen molar-refractivity contribution in [2.24, 2.45) is 11.8 Å². The molecule has 1 heterocycles. The average Bonchev–Trinajstić information content (AvgIpc) is 2.72. The van der Waals surface area contributed by atoms with E-state index in [9.17, 15) is 4.79 Å². The smallest absolute Gasteiger partial charge is 0.227 e. The third kappa shape index (κ3) is 3.42. The number of amides is 1. The summed E-state index contributed by atoms with van der Waals surface area (Å²) in [5, 5.41) is 6.47. The van der Waals surface area contributed by atoms with Crippen LogP contribution in [0, 0.1) is 11.8 Å². The zero-order valence-electron chi connectivity index (χ0n) is 10.7. The largest absolute Gasteiger partial charge is 0.379 e. The molecule has 1 saturated carbocycles. The van der Waals surface area contributed by atoms with Gasteiger partial charge < -0.3 is 15.4 Å². The summed E-state index contributed by atoms with van der Waals surface area (Å²) < 4.78 is 5.41. The molecule has 1 saturated heterocycles. The number of hydrogen-bond donors (Lipinski definition) is 2. The standard InChI is InChI=1S/C13H24N2O2/c1-2-6-14-12-9-17-8-11(12)13(16)15-7-10-4-3-5-10/h10-12,14H,2-9H2,1H3,(H,15,16). The van der Waals surface area contributed by atoms with Crippen LogP contribution in [-0.2, 0) is 9.53 Å². The van der Waals surface area contributed by atoms with Gasteiger partial charge in [-0.1, -0.05) is 13.3 Å². The molecule has 2 atom stereocenters. The molecule has 1 aliphatic carbocycles. The highest BCUT2D eigenvalue weighted by molar-refractivity contribution is 5.79. The first-order valence-electron chi connectivity index (χ1n) is 6.90. The molecule has 1 aliphatic heterocycles. The molecule has 2 fully saturated rings. The fourth-order valence-electron chi connectivity index (χ4n) is 2.42. The number of rotatable bonds is 6. The van der Waals surface area contributed by atoms with Gasteiger partial charge in [-0.05, 0) is 31.7 Å². The van der Waals surface area contributed by atoms with Crippen molar-refractivity contribution in [1.29, 1.82) is 0 Å². The number of hydrogen-bond acceptors (Lipinski definition) is 3. The second-order valence-electron chi connectivity index (χ2n) is 5.25. The van der Waals surface area contributed by atoms with Crippen molar-refractivity contribution >= 4 is 5.91 Å². The van der Waals surface area contributed by atoms with Gasteiger partial charge in [-0.3, -0.25) is 4.79 Å². The minimum atomic E-state index is 0.00151. The first-order valence-corrected chi connectivity index (χ1v) is 6.90. The molecule has 4 heteroatoms. The minimum absolute atomic E-state index is 0.00151. The number of ether oxygens (including phenoxy) is 1. The molecule has 17 heavy (non-hydrogen) atoms. The molecule has 2 N–H and O–H groups in total. The third-order valence-electron chi connectivity index (χ3n) is 3.86. The van der Waals surface area contributed by atoms with Gasteiger partial charge >= 0.3 is 0 Å². The summed E-state index contributed by atoms with van der Waals surface area (Å²) in [6, 6.07) is 0.205. The quantitative estimate of drug-likeness (QED) is 0.726. The van der Waals surface area contributed by atoms with Crippen molar-refractivity contribution in [3.63, 3.8) is 0 Å². The van der Waals surface area contributed by atoms with Crippen molar-refractivity contribution in [1.82, 2.24) is 10.6 Å². The van der Waals surface area contributed by atoms with Crippen LogP contribution in [0.4, 0.5) is 0 Å². The van der Waals surface area contributed by atoms with E-state index in [1.54, 1.807) is 0 Å². The molecule has 0 aromatic rings. The molecular formula is C13H24N2O2. The van der Waals surface area contributed by atoms with E-state index in [2.05, 4.69) is 17.6 Å². The van der Waals surface area contributed by atoms with Crippen LogP contribution < -0.4 is 10.6 Å². The number of nitrogens with one attached hydrogen (secondary N) is 2. The van der Waals surface area contributed by atoms with Crippen LogP contribution in [0.3, 0.4) is 0 Å². The zero-order chi connectivity index (χ0) is 12.1. The Morgan fingerprint density at radius 2 is 2.18 bits per heavy atom. The first kappa shape index (κ1) is 12.8. The molecule has 2 unspecified atom stereocenters. The Bertz CT molecular complexity index is 254. The van der Waals surface area contributed by atoms with Crippen LogP contribution in [0.25, 0.3) is 0 Å². The molecule has 4 nitrogen and oxygen atoms in total. The highest BCUT2D eigenvalue weighted by atomic mass is 16.5. The van der Waals surface area contributed by atoms with Crippen LogP contribution in [0.1, 0.15) is 32.6 Å². The van der Waals surface area contributed by atoms with Crippen molar-refractivity contribution in [2.75, 3.05) is 26.3 Å². The van der Waals surface area contributed by atoms with E-state index in [4.69, 9.17) is 4.74 Å². The summed E-state index contributed by atoms with van der Waals surface area (Å²) in [6.45, 7) is 5.18. The Hall–Kier alpha value is -0.610. The van der Waals surface area contributed by atoms with Crippen molar-refractivity contribution in [2.45, 2.75) is 38.6 Å². The minimum Gasteiger partial charge on any atom is -0.379 e. The fraction of sp³-hybridized carbons (Fsp3) is 0.923. The third-order valence-corrected chi connectivity index (χ3v) is 3.86. The van der Waals surface area contributed by atoms with Gasteiger partial charge in [0.25, 0.3) is 0 Å². The second kappa shape index (κ2) is 6.36. The van der Waals surface area contributed by atoms with Crippen molar-refractivity contribution in [3.8, 4) is 0 Å². The summed E-state index contributed by atoms with van der Waals surface area (Å²) in [4.78, 5) is 12.0. The molecule has 0 spiro atoms. The molecule has 0 bridgehead atoms. The lowest BCUT2D eigenvalue weighted by atomic mass is 9.85. The normalized spacial score (nSPS) is 29.0. The number of carbonyl (C=O) groups is 1. The number of carbonyl (C=O) groups excluding carboxylic acids is 1. The molecule has 0 radical (unpaired) electrons. The predicted octanol–water partition coefficient (Wildman–Crippen LogP) is 0.917. The Kier molecular flexibility index (Phi) is 4.80. The molecule has 98 valence electrons. The Labute approximate surface area is 103 Å². The van der Waals surface area contributed by atoms with E-state index in [-0.39, 0.29) is 17.9 Å². The molecular weight excluding hydrogens is 216 g/mol. The fourth-order valence-corrected chi connectivity index (χ4v) is 2.42. The van der Waals surface area contributed by atoms with Crippen molar-refractivity contribution in [3.05, 3.63) is 0 Å². The lowest BCUT2D eigenvalue weighted by Crippen LogP contribution is -2.45. The van der Waals surface area contributed by atoms with Gasteiger partial charge in [-0.15, -0.1) is 0 Å². The molecule has 1 amide bonds. The van der Waals surface area contributed by atoms with Gasteiger partial charge in [0.05, 0.1) is 19.1 Å². The maximum atomic E-state index is 12.0. The van der Waals surface area contributed by atoms with Gasteiger partial charge in [0.1, 0.15) is 0 Å². The zero-order valence-corrected chi connectivity index (χ0v) is 10.7. The van der Waals surface area contributed by atoms with Gasteiger partial charge in [0, 0.05) is 12.6 Å². The van der Waals surface area contributed by atoms with Gasteiger partial charge in [-0.25, -0.2) is 0 Å². The van der Waals surface area contributed by atoms with E-state index in [0.29, 0.717) is 13.2 Å². The van der Waals surface area contributed by atoms with Crippen LogP contribution in [0.15, 0.2) is 0 Å². The SMILES string of the molecule is CCCNC1COCC1C(=O)NCC1CCC1. The van der Waals surface area contributed by atoms with Crippen LogP contribution in [0.5, 0.6) is 0 Å². The van der Waals surface area contributed by atoms with E-state index in [1.165, 1.54) is 19.3 Å². The average molecular weight is 240 g/mol. The first-order chi connectivity index (χ1) is 8.31. The molecule has 0 aromatic heterocycles. The lowest BCUT2D eigenvalue weighted by Gasteiger charge is -2.26. The maximum Gasteiger partial charge on any atom is 0.227 e. The summed E-state index contributed by atoms with van der Waals surface area (Å²) in [5.74, 6) is 0.896. The van der Waals surface area contributed by atoms with E-state index in [1.807, 2.05) is 0 Å². The highest BCUT2D eigenvalue weighted by Gasteiger charge is 2.33. The lowest BCUT2D eigenvalue weighted by molar-refractivity contribution is -0.125. The van der Waals surface area contributed by atoms with E-state index >= 15 is 0 Å². The van der Waals surface area contributed by atoms with Gasteiger partial charge in [0.2, 0.25) is 5.91 Å². The topological polar surface area (TPSA) is 50.4 Å². The second-order valence-corrected chi connectivity index (χ2v) is 5.25. The van der Waals surface area contributed by atoms with Crippen molar-refractivity contribution < 1.29 is 9.53 Å². The monoisotopic (exact) mass is 240 g/mol. The summed E-state index contributed by atoms with van der Waals surface area (Å²) in [5.41, 5.74) is 0. The Balaban J connectivity index is 1.72. The van der Waals surface area contributed by atoms with Gasteiger partial charge in [-0.2, -0.15) is 0 Å². The van der Waals surface area contributed by atoms with E-state index in [0.717, 1.165) is 25.4 Å². The predicted molar refractivity (Wildman–Crippen MR) is 66.7 cm³/mol. The molecule has 0 aromatic carbocycles. The van der Waals surface area contributed by atoms with Crippen LogP contribution in [0.2, 0.25) is 0 Å². The Morgan fingerprint density at radius 3 is 2.82 bits per heavy atom. The summed E-state index contributed by atoms with van der Waals surface area (Å²) in [7, 11) is 0. The summed E-state index contributed by atoms with van der Waals surface area (Å²) in [6.07, 6.45) is 4.97. The molecule has 2 rings (SSSR count). The highest BCUT2D eigenvalue weighted by Crippen LogP contribution is 2.25. The maximum absolute atomic E-state index is 12.0. The van der Waals surface area contributed by atoms with Crippen LogP contribution in [-0.4, -0.2) is 38.3 Å². The van der Waals surface area contributed by atoms with E-state index < -0.39 is 0 Å². The Morgan fingerprint density at radius 1 is 1.35 bits per heavy atom. The van der Waals surface area contributed by atoms with Gasteiger partial charge in [0.15, 0.2) is 0 Å². The summed E-state index contributed by atoms with van der Waals surface area (Å²) >= 11 is 0.